The van der Waals surface area contributed by atoms with Crippen LogP contribution in [0.25, 0.3) is 0 Å². The lowest BCUT2D eigenvalue weighted by Gasteiger charge is -2.19. The van der Waals surface area contributed by atoms with Crippen LogP contribution in [0.4, 0.5) is 5.69 Å². The molecule has 0 radical (unpaired) electrons. The number of sulfone groups is 1. The molecule has 0 aliphatic carbocycles. The molecule has 1 aromatic carbocycles. The minimum absolute atomic E-state index is 0.0721. The monoisotopic (exact) mass is 271 g/mol. The quantitative estimate of drug-likeness (QED) is 0.850. The van der Waals surface area contributed by atoms with E-state index in [-0.39, 0.29) is 10.8 Å². The highest BCUT2D eigenvalue weighted by Gasteiger charge is 2.21. The first kappa shape index (κ1) is 14.5. The highest BCUT2D eigenvalue weighted by Crippen LogP contribution is 2.16. The van der Waals surface area contributed by atoms with Gasteiger partial charge in [0.1, 0.15) is 6.04 Å². The molecule has 0 aromatic heterocycles. The lowest BCUT2D eigenvalue weighted by Crippen LogP contribution is -2.34. The summed E-state index contributed by atoms with van der Waals surface area (Å²) in [7, 11) is -3.22. The fourth-order valence-electron chi connectivity index (χ4n) is 1.49. The number of rotatable bonds is 5. The number of hydrogen-bond acceptors (Lipinski definition) is 4. The summed E-state index contributed by atoms with van der Waals surface area (Å²) in [4.78, 5) is 11.2. The summed E-state index contributed by atoms with van der Waals surface area (Å²) in [5.41, 5.74) is 0.587. The summed E-state index contributed by atoms with van der Waals surface area (Å²) in [6.07, 6.45) is 1.13. The van der Waals surface area contributed by atoms with Crippen molar-refractivity contribution >= 4 is 21.5 Å². The second kappa shape index (κ2) is 5.39. The van der Waals surface area contributed by atoms with E-state index in [1.807, 2.05) is 0 Å². The van der Waals surface area contributed by atoms with Gasteiger partial charge in [-0.3, -0.25) is 0 Å². The Hall–Kier alpha value is -1.56. The Morgan fingerprint density at radius 3 is 2.06 bits per heavy atom. The summed E-state index contributed by atoms with van der Waals surface area (Å²) >= 11 is 0. The van der Waals surface area contributed by atoms with Gasteiger partial charge in [0.2, 0.25) is 0 Å². The van der Waals surface area contributed by atoms with Gasteiger partial charge in [-0.1, -0.05) is 13.8 Å². The van der Waals surface area contributed by atoms with Crippen LogP contribution in [0.5, 0.6) is 0 Å². The Balaban J connectivity index is 2.90. The van der Waals surface area contributed by atoms with Gasteiger partial charge in [-0.15, -0.1) is 0 Å². The summed E-state index contributed by atoms with van der Waals surface area (Å²) in [5, 5.41) is 11.9. The summed E-state index contributed by atoms with van der Waals surface area (Å²) in [6, 6.07) is 5.34. The van der Waals surface area contributed by atoms with E-state index in [2.05, 4.69) is 5.32 Å². The van der Waals surface area contributed by atoms with Crippen LogP contribution in [0.1, 0.15) is 13.8 Å². The van der Waals surface area contributed by atoms with Gasteiger partial charge in [0, 0.05) is 11.9 Å². The molecule has 1 rings (SSSR count). The third-order valence-electron chi connectivity index (χ3n) is 2.54. The van der Waals surface area contributed by atoms with Crippen molar-refractivity contribution in [1.29, 1.82) is 0 Å². The Bertz CT molecular complexity index is 520. The standard InChI is InChI=1S/C12H17NO4S/c1-8(2)11(12(14)15)13-9-4-6-10(7-5-9)18(3,16)17/h4-8,11,13H,1-3H3,(H,14,15). The van der Waals surface area contributed by atoms with Gasteiger partial charge in [-0.2, -0.15) is 0 Å². The van der Waals surface area contributed by atoms with E-state index in [1.165, 1.54) is 12.1 Å². The van der Waals surface area contributed by atoms with Gasteiger partial charge in [-0.05, 0) is 30.2 Å². The van der Waals surface area contributed by atoms with E-state index in [0.29, 0.717) is 5.69 Å². The molecule has 0 amide bonds. The van der Waals surface area contributed by atoms with Crippen LogP contribution < -0.4 is 5.32 Å². The number of nitrogens with one attached hydrogen (secondary N) is 1. The molecular weight excluding hydrogens is 254 g/mol. The molecule has 1 atom stereocenters. The van der Waals surface area contributed by atoms with Gasteiger partial charge in [0.15, 0.2) is 9.84 Å². The topological polar surface area (TPSA) is 83.5 Å². The fourth-order valence-corrected chi connectivity index (χ4v) is 2.12. The van der Waals surface area contributed by atoms with E-state index in [4.69, 9.17) is 5.11 Å². The molecule has 1 unspecified atom stereocenters. The molecule has 0 aliphatic heterocycles. The van der Waals surface area contributed by atoms with Crippen molar-refractivity contribution in [2.24, 2.45) is 5.92 Å². The van der Waals surface area contributed by atoms with E-state index < -0.39 is 21.8 Å². The third kappa shape index (κ3) is 3.73. The molecule has 0 saturated heterocycles. The van der Waals surface area contributed by atoms with Crippen molar-refractivity contribution in [3.8, 4) is 0 Å². The van der Waals surface area contributed by atoms with E-state index in [9.17, 15) is 13.2 Å². The number of hydrogen-bond donors (Lipinski definition) is 2. The lowest BCUT2D eigenvalue weighted by atomic mass is 10.0. The average molecular weight is 271 g/mol. The van der Waals surface area contributed by atoms with Crippen molar-refractivity contribution < 1.29 is 18.3 Å². The Morgan fingerprint density at radius 2 is 1.72 bits per heavy atom. The van der Waals surface area contributed by atoms with Gasteiger partial charge in [0.05, 0.1) is 4.90 Å². The maximum absolute atomic E-state index is 11.3. The summed E-state index contributed by atoms with van der Waals surface area (Å²) in [6.45, 7) is 3.60. The molecular formula is C12H17NO4S. The van der Waals surface area contributed by atoms with Gasteiger partial charge in [-0.25, -0.2) is 13.2 Å². The SMILES string of the molecule is CC(C)C(Nc1ccc(S(C)(=O)=O)cc1)C(=O)O. The second-order valence-corrected chi connectivity index (χ2v) is 6.52. The van der Waals surface area contributed by atoms with Gasteiger partial charge in [0.25, 0.3) is 0 Å². The Kier molecular flexibility index (Phi) is 4.34. The fraction of sp³-hybridized carbons (Fsp3) is 0.417. The summed E-state index contributed by atoms with van der Waals surface area (Å²) in [5.74, 6) is -1.01. The number of carboxylic acids is 1. The largest absolute Gasteiger partial charge is 0.480 e. The van der Waals surface area contributed by atoms with Gasteiger partial charge >= 0.3 is 5.97 Å². The van der Waals surface area contributed by atoms with Crippen molar-refractivity contribution in [3.05, 3.63) is 24.3 Å². The van der Waals surface area contributed by atoms with Crippen LogP contribution in [0, 0.1) is 5.92 Å². The molecule has 100 valence electrons. The van der Waals surface area contributed by atoms with Crippen LogP contribution in [-0.4, -0.2) is 31.8 Å². The smallest absolute Gasteiger partial charge is 0.326 e. The van der Waals surface area contributed by atoms with Crippen LogP contribution in [-0.2, 0) is 14.6 Å². The van der Waals surface area contributed by atoms with Crippen LogP contribution in [0.2, 0.25) is 0 Å². The van der Waals surface area contributed by atoms with Crippen LogP contribution in [0.15, 0.2) is 29.2 Å². The molecule has 0 aliphatic rings. The predicted molar refractivity (Wildman–Crippen MR) is 69.4 cm³/mol. The van der Waals surface area contributed by atoms with E-state index in [1.54, 1.807) is 26.0 Å². The number of benzene rings is 1. The zero-order chi connectivity index (χ0) is 13.9. The van der Waals surface area contributed by atoms with Crippen LogP contribution >= 0.6 is 0 Å². The van der Waals surface area contributed by atoms with E-state index >= 15 is 0 Å². The van der Waals surface area contributed by atoms with Crippen molar-refractivity contribution in [2.75, 3.05) is 11.6 Å². The van der Waals surface area contributed by atoms with Crippen molar-refractivity contribution in [1.82, 2.24) is 0 Å². The van der Waals surface area contributed by atoms with Crippen molar-refractivity contribution in [3.63, 3.8) is 0 Å². The highest BCUT2D eigenvalue weighted by molar-refractivity contribution is 7.90. The zero-order valence-corrected chi connectivity index (χ0v) is 11.4. The first-order valence-corrected chi connectivity index (χ1v) is 7.40. The lowest BCUT2D eigenvalue weighted by molar-refractivity contribution is -0.138. The Labute approximate surface area is 107 Å². The molecule has 6 heteroatoms. The minimum atomic E-state index is -3.22. The average Bonchev–Trinajstić information content (AvgIpc) is 2.24. The second-order valence-electron chi connectivity index (χ2n) is 4.50. The molecule has 0 bridgehead atoms. The first-order chi connectivity index (χ1) is 8.21. The molecule has 0 spiro atoms. The van der Waals surface area contributed by atoms with Crippen LogP contribution in [0.3, 0.4) is 0 Å². The molecule has 1 aromatic rings. The Morgan fingerprint density at radius 1 is 1.22 bits per heavy atom. The number of carbonyl (C=O) groups is 1. The molecule has 5 nitrogen and oxygen atoms in total. The predicted octanol–water partition coefficient (Wildman–Crippen LogP) is 1.61. The van der Waals surface area contributed by atoms with Gasteiger partial charge < -0.3 is 10.4 Å². The van der Waals surface area contributed by atoms with E-state index in [0.717, 1.165) is 6.26 Å². The van der Waals surface area contributed by atoms with Crippen molar-refractivity contribution in [2.45, 2.75) is 24.8 Å². The molecule has 0 fully saturated rings. The first-order valence-electron chi connectivity index (χ1n) is 5.51. The third-order valence-corrected chi connectivity index (χ3v) is 3.67. The zero-order valence-electron chi connectivity index (χ0n) is 10.5. The normalized spacial score (nSPS) is 13.3. The molecule has 0 heterocycles. The highest BCUT2D eigenvalue weighted by atomic mass is 32.2. The maximum atomic E-state index is 11.3. The number of carboxylic acid groups (broad SMARTS) is 1. The molecule has 18 heavy (non-hydrogen) atoms. The maximum Gasteiger partial charge on any atom is 0.326 e. The summed E-state index contributed by atoms with van der Waals surface area (Å²) < 4.78 is 22.5. The molecule has 0 saturated carbocycles. The minimum Gasteiger partial charge on any atom is -0.480 e. The molecule has 2 N–H and O–H groups in total. The number of anilines is 1. The number of aliphatic carboxylic acids is 1.